The summed E-state index contributed by atoms with van der Waals surface area (Å²) in [5.41, 5.74) is 2.73. The van der Waals surface area contributed by atoms with Crippen LogP contribution in [0.5, 0.6) is 0 Å². The quantitative estimate of drug-likeness (QED) is 0.613. The van der Waals surface area contributed by atoms with Crippen LogP contribution in [0.1, 0.15) is 30.6 Å². The number of nitrogens with two attached hydrogens (primary N) is 1. The lowest BCUT2D eigenvalue weighted by atomic mass is 9.76. The fourth-order valence-electron chi connectivity index (χ4n) is 2.93. The smallest absolute Gasteiger partial charge is 0.271 e. The molecular formula is C13H18BrF3N2S. The van der Waals surface area contributed by atoms with Gasteiger partial charge in [0.2, 0.25) is 0 Å². The maximum absolute atomic E-state index is 12.9. The number of hydrogen-bond donors (Lipinski definition) is 2. The standard InChI is InChI=1S/C13H18BrF3N2S/c14-10-5-11(20-7-10)6-12(19-18)8-2-1-3-9(4-8)13(15,16)17/h5,7-9,12,19H,1-4,6,18H2. The van der Waals surface area contributed by atoms with Crippen molar-refractivity contribution in [2.75, 3.05) is 0 Å². The number of hydrazine groups is 1. The molecule has 114 valence electrons. The first-order valence-electron chi connectivity index (χ1n) is 6.66. The van der Waals surface area contributed by atoms with Gasteiger partial charge in [0.1, 0.15) is 0 Å². The molecule has 3 unspecified atom stereocenters. The van der Waals surface area contributed by atoms with Crippen molar-refractivity contribution >= 4 is 27.3 Å². The topological polar surface area (TPSA) is 38.0 Å². The third kappa shape index (κ3) is 4.19. The van der Waals surface area contributed by atoms with Gasteiger partial charge in [-0.3, -0.25) is 11.3 Å². The maximum atomic E-state index is 12.9. The number of rotatable bonds is 4. The average molecular weight is 371 g/mol. The first kappa shape index (κ1) is 16.3. The first-order chi connectivity index (χ1) is 9.40. The molecule has 1 fully saturated rings. The number of hydrogen-bond acceptors (Lipinski definition) is 3. The molecule has 0 radical (unpaired) electrons. The van der Waals surface area contributed by atoms with E-state index >= 15 is 0 Å². The fourth-order valence-corrected chi connectivity index (χ4v) is 4.44. The van der Waals surface area contributed by atoms with Crippen molar-refractivity contribution in [2.45, 2.75) is 44.3 Å². The molecule has 0 aliphatic heterocycles. The van der Waals surface area contributed by atoms with Crippen LogP contribution < -0.4 is 11.3 Å². The Hall–Kier alpha value is -0.110. The molecule has 1 aromatic heterocycles. The van der Waals surface area contributed by atoms with Crippen molar-refractivity contribution < 1.29 is 13.2 Å². The van der Waals surface area contributed by atoms with Crippen molar-refractivity contribution in [2.24, 2.45) is 17.7 Å². The van der Waals surface area contributed by atoms with Crippen molar-refractivity contribution in [1.82, 2.24) is 5.43 Å². The molecule has 2 nitrogen and oxygen atoms in total. The van der Waals surface area contributed by atoms with Gasteiger partial charge in [0, 0.05) is 20.8 Å². The molecule has 7 heteroatoms. The molecule has 0 saturated heterocycles. The molecule has 0 aromatic carbocycles. The first-order valence-corrected chi connectivity index (χ1v) is 8.33. The summed E-state index contributed by atoms with van der Waals surface area (Å²) >= 11 is 4.98. The van der Waals surface area contributed by atoms with Crippen LogP contribution in [-0.4, -0.2) is 12.2 Å². The Labute approximate surface area is 129 Å². The van der Waals surface area contributed by atoms with Crippen molar-refractivity contribution in [3.8, 4) is 0 Å². The van der Waals surface area contributed by atoms with Crippen molar-refractivity contribution in [3.05, 3.63) is 20.8 Å². The van der Waals surface area contributed by atoms with Gasteiger partial charge in [0.05, 0.1) is 5.92 Å². The normalized spacial score (nSPS) is 25.6. The van der Waals surface area contributed by atoms with Crippen LogP contribution >= 0.6 is 27.3 Å². The molecule has 3 N–H and O–H groups in total. The molecular weight excluding hydrogens is 353 g/mol. The lowest BCUT2D eigenvalue weighted by molar-refractivity contribution is -0.186. The molecule has 0 spiro atoms. The lowest BCUT2D eigenvalue weighted by Crippen LogP contribution is -2.45. The van der Waals surface area contributed by atoms with E-state index in [0.29, 0.717) is 12.8 Å². The minimum atomic E-state index is -4.08. The molecule has 2 rings (SSSR count). The summed E-state index contributed by atoms with van der Waals surface area (Å²) in [6, 6.07) is 1.91. The summed E-state index contributed by atoms with van der Waals surface area (Å²) < 4.78 is 39.6. The Morgan fingerprint density at radius 3 is 2.75 bits per heavy atom. The van der Waals surface area contributed by atoms with E-state index < -0.39 is 12.1 Å². The van der Waals surface area contributed by atoms with E-state index in [0.717, 1.165) is 15.8 Å². The lowest BCUT2D eigenvalue weighted by Gasteiger charge is -2.35. The second kappa shape index (κ2) is 6.77. The Morgan fingerprint density at radius 2 is 2.20 bits per heavy atom. The van der Waals surface area contributed by atoms with Crippen LogP contribution in [0.25, 0.3) is 0 Å². The van der Waals surface area contributed by atoms with E-state index in [-0.39, 0.29) is 24.8 Å². The summed E-state index contributed by atoms with van der Waals surface area (Å²) in [7, 11) is 0. The van der Waals surface area contributed by atoms with Gasteiger partial charge < -0.3 is 0 Å². The van der Waals surface area contributed by atoms with E-state index in [1.54, 1.807) is 11.3 Å². The van der Waals surface area contributed by atoms with Crippen LogP contribution in [0.2, 0.25) is 0 Å². The maximum Gasteiger partial charge on any atom is 0.391 e. The van der Waals surface area contributed by atoms with Gasteiger partial charge in [-0.25, -0.2) is 0 Å². The summed E-state index contributed by atoms with van der Waals surface area (Å²) in [5.74, 6) is 4.39. The molecule has 0 amide bonds. The predicted octanol–water partition coefficient (Wildman–Crippen LogP) is 4.25. The van der Waals surface area contributed by atoms with Crippen LogP contribution in [0.4, 0.5) is 13.2 Å². The van der Waals surface area contributed by atoms with Crippen molar-refractivity contribution in [3.63, 3.8) is 0 Å². The number of nitrogens with one attached hydrogen (secondary N) is 1. The van der Waals surface area contributed by atoms with E-state index in [4.69, 9.17) is 5.84 Å². The van der Waals surface area contributed by atoms with Gasteiger partial charge in [-0.1, -0.05) is 6.42 Å². The van der Waals surface area contributed by atoms with Gasteiger partial charge >= 0.3 is 6.18 Å². The molecule has 1 heterocycles. The molecule has 20 heavy (non-hydrogen) atoms. The van der Waals surface area contributed by atoms with Crippen molar-refractivity contribution in [1.29, 1.82) is 0 Å². The summed E-state index contributed by atoms with van der Waals surface area (Å²) in [6.45, 7) is 0. The van der Waals surface area contributed by atoms with E-state index in [1.165, 1.54) is 0 Å². The Kier molecular flexibility index (Phi) is 5.50. The summed E-state index contributed by atoms with van der Waals surface area (Å²) in [6.07, 6.45) is -1.52. The molecule has 3 atom stereocenters. The van der Waals surface area contributed by atoms with Crippen LogP contribution in [0.3, 0.4) is 0 Å². The van der Waals surface area contributed by atoms with E-state index in [9.17, 15) is 13.2 Å². The van der Waals surface area contributed by atoms with E-state index in [2.05, 4.69) is 21.4 Å². The molecule has 1 aliphatic carbocycles. The SMILES string of the molecule is NNC(Cc1cc(Br)cs1)C1CCCC(C(F)(F)F)C1. The zero-order valence-electron chi connectivity index (χ0n) is 10.9. The largest absolute Gasteiger partial charge is 0.391 e. The molecule has 1 saturated carbocycles. The fraction of sp³-hybridized carbons (Fsp3) is 0.692. The highest BCUT2D eigenvalue weighted by Crippen LogP contribution is 2.41. The zero-order valence-corrected chi connectivity index (χ0v) is 13.3. The highest BCUT2D eigenvalue weighted by Gasteiger charge is 2.43. The Morgan fingerprint density at radius 1 is 1.45 bits per heavy atom. The minimum Gasteiger partial charge on any atom is -0.271 e. The Balaban J connectivity index is 2.00. The average Bonchev–Trinajstić information content (AvgIpc) is 2.81. The molecule has 1 aliphatic rings. The molecule has 0 bridgehead atoms. The second-order valence-electron chi connectivity index (χ2n) is 5.37. The van der Waals surface area contributed by atoms with Gasteiger partial charge in [-0.15, -0.1) is 11.3 Å². The highest BCUT2D eigenvalue weighted by molar-refractivity contribution is 9.10. The Bertz CT molecular complexity index is 435. The minimum absolute atomic E-state index is 0.0127. The second-order valence-corrected chi connectivity index (χ2v) is 7.29. The number of halogens is 4. The van der Waals surface area contributed by atoms with Gasteiger partial charge in [-0.2, -0.15) is 13.2 Å². The summed E-state index contributed by atoms with van der Waals surface area (Å²) in [5, 5.41) is 1.97. The van der Waals surface area contributed by atoms with Crippen LogP contribution in [0, 0.1) is 11.8 Å². The van der Waals surface area contributed by atoms with E-state index in [1.807, 2.05) is 11.4 Å². The summed E-state index contributed by atoms with van der Waals surface area (Å²) in [4.78, 5) is 1.13. The predicted molar refractivity (Wildman–Crippen MR) is 78.3 cm³/mol. The third-order valence-corrected chi connectivity index (χ3v) is 5.72. The zero-order chi connectivity index (χ0) is 14.8. The van der Waals surface area contributed by atoms with Crippen LogP contribution in [0.15, 0.2) is 15.9 Å². The monoisotopic (exact) mass is 370 g/mol. The highest BCUT2D eigenvalue weighted by atomic mass is 79.9. The van der Waals surface area contributed by atoms with Gasteiger partial charge in [0.15, 0.2) is 0 Å². The third-order valence-electron chi connectivity index (χ3n) is 4.00. The van der Waals surface area contributed by atoms with Crippen LogP contribution in [-0.2, 0) is 6.42 Å². The number of thiophene rings is 1. The molecule has 1 aromatic rings. The van der Waals surface area contributed by atoms with Gasteiger partial charge in [0.25, 0.3) is 0 Å². The van der Waals surface area contributed by atoms with Gasteiger partial charge in [-0.05, 0) is 53.6 Å². The number of alkyl halides is 3.